The Labute approximate surface area is 105 Å². The van der Waals surface area contributed by atoms with Crippen molar-refractivity contribution in [3.63, 3.8) is 0 Å². The molecule has 0 atom stereocenters. The summed E-state index contributed by atoms with van der Waals surface area (Å²) in [4.78, 5) is 18.5. The third-order valence-electron chi connectivity index (χ3n) is 1.19. The Hall–Kier alpha value is -1.16. The largest absolute Gasteiger partial charge is 0.462 e. The molecule has 0 N–H and O–H groups in total. The van der Waals surface area contributed by atoms with Crippen LogP contribution in [0.3, 0.4) is 0 Å². The van der Waals surface area contributed by atoms with Crippen molar-refractivity contribution in [3.8, 4) is 0 Å². The second-order valence-electron chi connectivity index (χ2n) is 3.04. The number of hydrogen-bond acceptors (Lipinski definition) is 4. The van der Waals surface area contributed by atoms with E-state index in [0.29, 0.717) is 13.2 Å². The van der Waals surface area contributed by atoms with Crippen LogP contribution in [-0.4, -0.2) is 32.6 Å². The van der Waals surface area contributed by atoms with Crippen LogP contribution in [0.2, 0.25) is 0 Å². The molecule has 0 rings (SSSR count). The van der Waals surface area contributed by atoms with Gasteiger partial charge in [0.05, 0.1) is 6.61 Å². The fourth-order valence-corrected chi connectivity index (χ4v) is 0.639. The van der Waals surface area contributed by atoms with E-state index in [1.165, 1.54) is 6.42 Å². The first kappa shape index (κ1) is 21.2. The summed E-state index contributed by atoms with van der Waals surface area (Å²) in [5, 5.41) is 0. The number of carbonyl (C=O) groups excluding carboxylic acids is 2. The van der Waals surface area contributed by atoms with E-state index in [2.05, 4.69) is 27.4 Å². The molecule has 17 heavy (non-hydrogen) atoms. The highest BCUT2D eigenvalue weighted by atomic mass is 16.5. The SMILES string of the molecule is C=CC(=O)OCCCOCCC.C=O.CCC. The van der Waals surface area contributed by atoms with Crippen molar-refractivity contribution >= 4 is 12.8 Å². The monoisotopic (exact) mass is 246 g/mol. The molecule has 102 valence electrons. The number of esters is 1. The molecule has 0 aromatic heterocycles. The van der Waals surface area contributed by atoms with Gasteiger partial charge in [-0.3, -0.25) is 0 Å². The van der Waals surface area contributed by atoms with E-state index in [4.69, 9.17) is 14.3 Å². The minimum absolute atomic E-state index is 0.370. The van der Waals surface area contributed by atoms with Gasteiger partial charge in [-0.05, 0) is 6.42 Å². The molecule has 0 radical (unpaired) electrons. The van der Waals surface area contributed by atoms with Crippen LogP contribution < -0.4 is 0 Å². The first-order valence-corrected chi connectivity index (χ1v) is 5.88. The lowest BCUT2D eigenvalue weighted by Gasteiger charge is -2.02. The summed E-state index contributed by atoms with van der Waals surface area (Å²) < 4.78 is 9.92. The average molecular weight is 246 g/mol. The number of hydrogen-bond donors (Lipinski definition) is 0. The maximum Gasteiger partial charge on any atom is 0.330 e. The van der Waals surface area contributed by atoms with Crippen LogP contribution in [0.5, 0.6) is 0 Å². The van der Waals surface area contributed by atoms with Gasteiger partial charge in [0.15, 0.2) is 0 Å². The van der Waals surface area contributed by atoms with Gasteiger partial charge in [0.2, 0.25) is 0 Å². The van der Waals surface area contributed by atoms with Crippen LogP contribution in [0.4, 0.5) is 0 Å². The average Bonchev–Trinajstić information content (AvgIpc) is 2.36. The van der Waals surface area contributed by atoms with Crippen LogP contribution in [0, 0.1) is 0 Å². The minimum atomic E-state index is -0.370. The zero-order valence-corrected chi connectivity index (χ0v) is 11.4. The summed E-state index contributed by atoms with van der Waals surface area (Å²) >= 11 is 0. The fraction of sp³-hybridized carbons (Fsp3) is 0.692. The number of rotatable bonds is 7. The van der Waals surface area contributed by atoms with Crippen molar-refractivity contribution in [1.29, 1.82) is 0 Å². The van der Waals surface area contributed by atoms with Crippen molar-refractivity contribution in [1.82, 2.24) is 0 Å². The molecule has 0 unspecified atom stereocenters. The summed E-state index contributed by atoms with van der Waals surface area (Å²) in [7, 11) is 0. The Morgan fingerprint density at radius 3 is 2.06 bits per heavy atom. The molecule has 0 spiro atoms. The zero-order chi connectivity index (χ0) is 13.9. The first-order valence-electron chi connectivity index (χ1n) is 5.88. The van der Waals surface area contributed by atoms with E-state index >= 15 is 0 Å². The molecule has 0 aliphatic carbocycles. The van der Waals surface area contributed by atoms with Gasteiger partial charge in [-0.2, -0.15) is 0 Å². The van der Waals surface area contributed by atoms with Crippen molar-refractivity contribution in [2.24, 2.45) is 0 Å². The van der Waals surface area contributed by atoms with E-state index in [0.717, 1.165) is 25.5 Å². The van der Waals surface area contributed by atoms with E-state index in [1.807, 2.05) is 6.79 Å². The lowest BCUT2D eigenvalue weighted by Crippen LogP contribution is -2.05. The normalized spacial score (nSPS) is 7.94. The zero-order valence-electron chi connectivity index (χ0n) is 11.4. The quantitative estimate of drug-likeness (QED) is 0.394. The van der Waals surface area contributed by atoms with Gasteiger partial charge in [-0.15, -0.1) is 0 Å². The van der Waals surface area contributed by atoms with Gasteiger partial charge in [-0.1, -0.05) is 33.8 Å². The van der Waals surface area contributed by atoms with E-state index in [9.17, 15) is 4.79 Å². The van der Waals surface area contributed by atoms with Crippen LogP contribution in [0.25, 0.3) is 0 Å². The first-order chi connectivity index (χ1) is 8.22. The van der Waals surface area contributed by atoms with E-state index in [-0.39, 0.29) is 5.97 Å². The van der Waals surface area contributed by atoms with E-state index in [1.54, 1.807) is 0 Å². The highest BCUT2D eigenvalue weighted by Gasteiger charge is 1.94. The van der Waals surface area contributed by atoms with Crippen LogP contribution in [-0.2, 0) is 19.1 Å². The third-order valence-corrected chi connectivity index (χ3v) is 1.19. The fourth-order valence-electron chi connectivity index (χ4n) is 0.639. The molecule has 0 fully saturated rings. The predicted molar refractivity (Wildman–Crippen MR) is 70.0 cm³/mol. The van der Waals surface area contributed by atoms with Gasteiger partial charge in [-0.25, -0.2) is 4.79 Å². The third kappa shape index (κ3) is 31.3. The van der Waals surface area contributed by atoms with Crippen LogP contribution >= 0.6 is 0 Å². The van der Waals surface area contributed by atoms with Gasteiger partial charge in [0.25, 0.3) is 0 Å². The maximum absolute atomic E-state index is 10.5. The molecule has 0 bridgehead atoms. The Balaban J connectivity index is -0.000000337. The summed E-state index contributed by atoms with van der Waals surface area (Å²) in [6, 6.07) is 0. The molecule has 4 nitrogen and oxygen atoms in total. The van der Waals surface area contributed by atoms with Crippen molar-refractivity contribution in [3.05, 3.63) is 12.7 Å². The van der Waals surface area contributed by atoms with Gasteiger partial charge in [0, 0.05) is 25.7 Å². The van der Waals surface area contributed by atoms with Crippen molar-refractivity contribution in [2.75, 3.05) is 19.8 Å². The summed E-state index contributed by atoms with van der Waals surface area (Å²) in [6.45, 7) is 13.4. The summed E-state index contributed by atoms with van der Waals surface area (Å²) in [5.41, 5.74) is 0. The standard InChI is InChI=1S/C9H16O3.C3H8.CH2O/c1-3-6-11-7-5-8-12-9(10)4-2;1-3-2;1-2/h4H,2-3,5-8H2,1H3;3H2,1-2H3;1H2. The maximum atomic E-state index is 10.5. The molecule has 0 saturated carbocycles. The lowest BCUT2D eigenvalue weighted by atomic mass is 10.5. The Morgan fingerprint density at radius 2 is 1.65 bits per heavy atom. The summed E-state index contributed by atoms with van der Waals surface area (Å²) in [6.07, 6.45) is 4.18. The molecule has 0 aliphatic rings. The highest BCUT2D eigenvalue weighted by Crippen LogP contribution is 1.87. The van der Waals surface area contributed by atoms with E-state index < -0.39 is 0 Å². The smallest absolute Gasteiger partial charge is 0.330 e. The molecule has 0 heterocycles. The molecular weight excluding hydrogens is 220 g/mol. The van der Waals surface area contributed by atoms with Crippen LogP contribution in [0.1, 0.15) is 40.0 Å². The molecular formula is C13H26O4. The number of carbonyl (C=O) groups is 2. The second kappa shape index (κ2) is 24.2. The van der Waals surface area contributed by atoms with Gasteiger partial charge < -0.3 is 14.3 Å². The van der Waals surface area contributed by atoms with Gasteiger partial charge in [0.1, 0.15) is 6.79 Å². The topological polar surface area (TPSA) is 52.6 Å². The molecule has 4 heteroatoms. The minimum Gasteiger partial charge on any atom is -0.462 e. The Morgan fingerprint density at radius 1 is 1.12 bits per heavy atom. The Kier molecular flexibility index (Phi) is 30.1. The van der Waals surface area contributed by atoms with Gasteiger partial charge >= 0.3 is 5.97 Å². The summed E-state index contributed by atoms with van der Waals surface area (Å²) in [5.74, 6) is -0.370. The second-order valence-corrected chi connectivity index (χ2v) is 3.04. The molecule has 0 aromatic carbocycles. The molecule has 0 amide bonds. The molecule has 0 aromatic rings. The Bertz CT molecular complexity index is 157. The predicted octanol–water partition coefficient (Wildman–Crippen LogP) is 2.76. The number of ether oxygens (including phenoxy) is 2. The van der Waals surface area contributed by atoms with Crippen molar-refractivity contribution in [2.45, 2.75) is 40.0 Å². The van der Waals surface area contributed by atoms with Crippen molar-refractivity contribution < 1.29 is 19.1 Å². The highest BCUT2D eigenvalue weighted by molar-refractivity contribution is 5.81. The lowest BCUT2D eigenvalue weighted by molar-refractivity contribution is -0.138. The molecule has 0 aliphatic heterocycles. The van der Waals surface area contributed by atoms with Crippen LogP contribution in [0.15, 0.2) is 12.7 Å². The molecule has 0 saturated heterocycles.